The number of pyridine rings is 1. The first-order chi connectivity index (χ1) is 7.35. The lowest BCUT2D eigenvalue weighted by Crippen LogP contribution is -2.01. The highest BCUT2D eigenvalue weighted by atomic mass is 35.5. The van der Waals surface area contributed by atoms with Gasteiger partial charge in [0, 0.05) is 6.26 Å². The van der Waals surface area contributed by atoms with Crippen LogP contribution in [0.1, 0.15) is 5.82 Å². The summed E-state index contributed by atoms with van der Waals surface area (Å²) in [6.07, 6.45) is 1.13. The van der Waals surface area contributed by atoms with Crippen LogP contribution < -0.4 is 0 Å². The molecule has 0 aliphatic rings. The number of rotatable bonds is 2. The van der Waals surface area contributed by atoms with Crippen molar-refractivity contribution in [2.45, 2.75) is 5.75 Å². The molecule has 0 saturated carbocycles. The summed E-state index contributed by atoms with van der Waals surface area (Å²) in [5.74, 6) is 0.154. The van der Waals surface area contributed by atoms with Crippen molar-refractivity contribution in [3.05, 3.63) is 22.1 Å². The molecule has 5 nitrogen and oxygen atoms in total. The van der Waals surface area contributed by atoms with E-state index in [0.29, 0.717) is 22.0 Å². The SMILES string of the molecule is CS(=O)(=O)Cc1nc2nc(Cl)c(Cl)cc2[nH]1. The molecule has 0 aliphatic heterocycles. The van der Waals surface area contributed by atoms with Crippen molar-refractivity contribution in [2.75, 3.05) is 6.26 Å². The van der Waals surface area contributed by atoms with Crippen LogP contribution in [0.5, 0.6) is 0 Å². The largest absolute Gasteiger partial charge is 0.340 e. The van der Waals surface area contributed by atoms with Crippen LogP contribution in [0.4, 0.5) is 0 Å². The minimum Gasteiger partial charge on any atom is -0.340 e. The van der Waals surface area contributed by atoms with Crippen LogP contribution in [0.3, 0.4) is 0 Å². The minimum atomic E-state index is -3.13. The van der Waals surface area contributed by atoms with E-state index in [1.807, 2.05) is 0 Å². The quantitative estimate of drug-likeness (QED) is 0.851. The third-order valence-corrected chi connectivity index (χ3v) is 3.30. The van der Waals surface area contributed by atoms with Crippen molar-refractivity contribution in [1.82, 2.24) is 15.0 Å². The van der Waals surface area contributed by atoms with Gasteiger partial charge >= 0.3 is 0 Å². The number of sulfone groups is 1. The van der Waals surface area contributed by atoms with Crippen molar-refractivity contribution in [1.29, 1.82) is 0 Å². The second-order valence-corrected chi connectivity index (χ2v) is 6.29. The lowest BCUT2D eigenvalue weighted by Gasteiger charge is -1.92. The Morgan fingerprint density at radius 1 is 1.38 bits per heavy atom. The number of hydrogen-bond donors (Lipinski definition) is 1. The maximum Gasteiger partial charge on any atom is 0.179 e. The Labute approximate surface area is 102 Å². The van der Waals surface area contributed by atoms with Gasteiger partial charge in [0.1, 0.15) is 16.7 Å². The number of aromatic nitrogens is 3. The van der Waals surface area contributed by atoms with Crippen LogP contribution in [0.2, 0.25) is 10.2 Å². The molecule has 0 unspecified atom stereocenters. The van der Waals surface area contributed by atoms with Gasteiger partial charge in [0.15, 0.2) is 15.5 Å². The summed E-state index contributed by atoms with van der Waals surface area (Å²) in [7, 11) is -3.13. The number of halogens is 2. The molecule has 1 N–H and O–H groups in total. The molecule has 0 aromatic carbocycles. The van der Waals surface area contributed by atoms with Crippen molar-refractivity contribution in [3.8, 4) is 0 Å². The van der Waals surface area contributed by atoms with E-state index in [0.717, 1.165) is 6.26 Å². The molecule has 0 fully saturated rings. The first kappa shape index (κ1) is 11.6. The van der Waals surface area contributed by atoms with Crippen LogP contribution in [-0.4, -0.2) is 29.6 Å². The molecule has 2 aromatic rings. The van der Waals surface area contributed by atoms with Gasteiger partial charge < -0.3 is 4.98 Å². The van der Waals surface area contributed by atoms with E-state index >= 15 is 0 Å². The molecule has 86 valence electrons. The van der Waals surface area contributed by atoms with E-state index < -0.39 is 9.84 Å². The Hall–Kier alpha value is -0.850. The molecule has 2 aromatic heterocycles. The zero-order valence-corrected chi connectivity index (χ0v) is 10.5. The summed E-state index contributed by atoms with van der Waals surface area (Å²) in [5.41, 5.74) is 0.918. The van der Waals surface area contributed by atoms with Crippen molar-refractivity contribution < 1.29 is 8.42 Å². The molecule has 0 radical (unpaired) electrons. The number of aromatic amines is 1. The van der Waals surface area contributed by atoms with Crippen molar-refractivity contribution in [3.63, 3.8) is 0 Å². The van der Waals surface area contributed by atoms with Gasteiger partial charge in [0.2, 0.25) is 0 Å². The lowest BCUT2D eigenvalue weighted by atomic mass is 10.4. The highest BCUT2D eigenvalue weighted by molar-refractivity contribution is 7.89. The zero-order chi connectivity index (χ0) is 11.9. The predicted molar refractivity (Wildman–Crippen MR) is 62.5 cm³/mol. The molecule has 0 aliphatic carbocycles. The van der Waals surface area contributed by atoms with Gasteiger partial charge in [-0.2, -0.15) is 0 Å². The number of hydrogen-bond acceptors (Lipinski definition) is 4. The van der Waals surface area contributed by atoms with Crippen molar-refractivity contribution >= 4 is 44.2 Å². The van der Waals surface area contributed by atoms with E-state index in [-0.39, 0.29) is 10.9 Å². The topological polar surface area (TPSA) is 75.7 Å². The summed E-state index contributed by atoms with van der Waals surface area (Å²) < 4.78 is 22.2. The number of H-pyrrole nitrogens is 1. The number of imidazole rings is 1. The minimum absolute atomic E-state index is 0.145. The molecule has 2 rings (SSSR count). The average Bonchev–Trinajstić information content (AvgIpc) is 2.44. The van der Waals surface area contributed by atoms with Gasteiger partial charge in [-0.1, -0.05) is 23.2 Å². The fraction of sp³-hybridized carbons (Fsp3) is 0.250. The van der Waals surface area contributed by atoms with Crippen LogP contribution in [-0.2, 0) is 15.6 Å². The average molecular weight is 280 g/mol. The lowest BCUT2D eigenvalue weighted by molar-refractivity contribution is 0.600. The molecular formula is C8H7Cl2N3O2S. The molecule has 8 heteroatoms. The van der Waals surface area contributed by atoms with Gasteiger partial charge in [-0.3, -0.25) is 0 Å². The fourth-order valence-electron chi connectivity index (χ4n) is 1.26. The van der Waals surface area contributed by atoms with Gasteiger partial charge in [-0.15, -0.1) is 0 Å². The van der Waals surface area contributed by atoms with E-state index in [2.05, 4.69) is 15.0 Å². The summed E-state index contributed by atoms with van der Waals surface area (Å²) in [6, 6.07) is 1.56. The normalized spacial score (nSPS) is 12.2. The Morgan fingerprint density at radius 3 is 2.69 bits per heavy atom. The Bertz CT molecular complexity index is 612. The molecular weight excluding hydrogens is 273 g/mol. The van der Waals surface area contributed by atoms with Gasteiger partial charge in [0.25, 0.3) is 0 Å². The number of nitrogens with zero attached hydrogens (tertiary/aromatic N) is 2. The standard InChI is InChI=1S/C8H7Cl2N3O2S/c1-16(14,15)3-6-11-5-2-4(9)7(10)13-8(5)12-6/h2H,3H2,1H3,(H,11,12,13). The first-order valence-electron chi connectivity index (χ1n) is 4.23. The smallest absolute Gasteiger partial charge is 0.179 e. The van der Waals surface area contributed by atoms with Crippen LogP contribution >= 0.6 is 23.2 Å². The summed E-state index contributed by atoms with van der Waals surface area (Å²) >= 11 is 11.5. The third kappa shape index (κ3) is 2.45. The fourth-order valence-corrected chi connectivity index (χ4v) is 2.18. The molecule has 0 atom stereocenters. The van der Waals surface area contributed by atoms with Crippen LogP contribution in [0, 0.1) is 0 Å². The molecule has 0 amide bonds. The monoisotopic (exact) mass is 279 g/mol. The summed E-state index contributed by atoms with van der Waals surface area (Å²) in [4.78, 5) is 10.8. The van der Waals surface area contributed by atoms with E-state index in [1.165, 1.54) is 0 Å². The predicted octanol–water partition coefficient (Wildman–Crippen LogP) is 1.81. The summed E-state index contributed by atoms with van der Waals surface area (Å²) in [5, 5.41) is 0.440. The highest BCUT2D eigenvalue weighted by Gasteiger charge is 2.11. The summed E-state index contributed by atoms with van der Waals surface area (Å²) in [6.45, 7) is 0. The Kier molecular flexibility index (Phi) is 2.81. The van der Waals surface area contributed by atoms with Crippen LogP contribution in [0.15, 0.2) is 6.07 Å². The Balaban J connectivity index is 2.52. The van der Waals surface area contributed by atoms with Crippen LogP contribution in [0.25, 0.3) is 11.2 Å². The molecule has 16 heavy (non-hydrogen) atoms. The maximum atomic E-state index is 11.1. The van der Waals surface area contributed by atoms with E-state index in [1.54, 1.807) is 6.07 Å². The van der Waals surface area contributed by atoms with E-state index in [4.69, 9.17) is 23.2 Å². The third-order valence-electron chi connectivity index (χ3n) is 1.83. The second-order valence-electron chi connectivity index (χ2n) is 3.39. The van der Waals surface area contributed by atoms with Crippen molar-refractivity contribution in [2.24, 2.45) is 0 Å². The molecule has 0 spiro atoms. The number of nitrogens with one attached hydrogen (secondary N) is 1. The van der Waals surface area contributed by atoms with Gasteiger partial charge in [0.05, 0.1) is 10.5 Å². The second kappa shape index (κ2) is 3.87. The number of fused-ring (bicyclic) bond motifs is 1. The van der Waals surface area contributed by atoms with Gasteiger partial charge in [-0.25, -0.2) is 18.4 Å². The zero-order valence-electron chi connectivity index (χ0n) is 8.16. The molecule has 2 heterocycles. The first-order valence-corrected chi connectivity index (χ1v) is 7.05. The van der Waals surface area contributed by atoms with Gasteiger partial charge in [-0.05, 0) is 6.07 Å². The Morgan fingerprint density at radius 2 is 2.06 bits per heavy atom. The molecule has 0 bridgehead atoms. The maximum absolute atomic E-state index is 11.1. The highest BCUT2D eigenvalue weighted by Crippen LogP contribution is 2.23. The van der Waals surface area contributed by atoms with E-state index in [9.17, 15) is 8.42 Å². The molecule has 0 saturated heterocycles.